The highest BCUT2D eigenvalue weighted by atomic mass is 79.9. The molecule has 1 fully saturated rings. The van der Waals surface area contributed by atoms with Crippen molar-refractivity contribution in [2.24, 2.45) is 0 Å². The van der Waals surface area contributed by atoms with Gasteiger partial charge < -0.3 is 9.64 Å². The van der Waals surface area contributed by atoms with Crippen molar-refractivity contribution in [2.75, 3.05) is 13.1 Å². The fraction of sp³-hybridized carbons (Fsp3) is 0.429. The van der Waals surface area contributed by atoms with Crippen molar-refractivity contribution in [3.63, 3.8) is 0 Å². The lowest BCUT2D eigenvalue weighted by atomic mass is 10.1. The highest BCUT2D eigenvalue weighted by Gasteiger charge is 2.22. The molecule has 158 valence electrons. The molecule has 1 N–H and O–H groups in total. The van der Waals surface area contributed by atoms with Crippen LogP contribution in [-0.2, 0) is 4.74 Å². The summed E-state index contributed by atoms with van der Waals surface area (Å²) in [4.78, 5) is 13.3. The molecule has 30 heavy (non-hydrogen) atoms. The molecule has 8 nitrogen and oxygen atoms in total. The molecule has 3 aromatic heterocycles. The van der Waals surface area contributed by atoms with Crippen LogP contribution in [0, 0.1) is 11.3 Å². The number of nitrogens with one attached hydrogen (secondary N) is 1. The molecule has 0 aliphatic carbocycles. The lowest BCUT2D eigenvalue weighted by Crippen LogP contribution is -2.39. The van der Waals surface area contributed by atoms with Gasteiger partial charge in [-0.2, -0.15) is 15.5 Å². The summed E-state index contributed by atoms with van der Waals surface area (Å²) in [7, 11) is 0. The smallest absolute Gasteiger partial charge is 0.410 e. The molecular weight excluding hydrogens is 448 g/mol. The van der Waals surface area contributed by atoms with Gasteiger partial charge in [-0.05, 0) is 62.0 Å². The number of carbonyl (C=O) groups excluding carboxylic acids is 1. The first-order valence-corrected chi connectivity index (χ1v) is 10.6. The summed E-state index contributed by atoms with van der Waals surface area (Å²) in [6, 6.07) is 4.06. The number of amides is 1. The fourth-order valence-corrected chi connectivity index (χ4v) is 3.77. The number of rotatable bonds is 1. The third kappa shape index (κ3) is 5.39. The van der Waals surface area contributed by atoms with Gasteiger partial charge in [-0.3, -0.25) is 5.10 Å². The maximum Gasteiger partial charge on any atom is 0.410 e. The number of hydrogen-bond donors (Lipinski definition) is 1. The van der Waals surface area contributed by atoms with Crippen LogP contribution in [0.25, 0.3) is 16.6 Å². The van der Waals surface area contributed by atoms with Gasteiger partial charge in [-0.25, -0.2) is 9.31 Å². The van der Waals surface area contributed by atoms with E-state index < -0.39 is 0 Å². The molecule has 0 saturated carbocycles. The van der Waals surface area contributed by atoms with Crippen LogP contribution >= 0.6 is 15.9 Å². The molecule has 1 amide bonds. The molecule has 3 aromatic rings. The minimum Gasteiger partial charge on any atom is -0.444 e. The third-order valence-corrected chi connectivity index (χ3v) is 5.13. The Morgan fingerprint density at radius 2 is 1.97 bits per heavy atom. The number of nitriles is 1. The van der Waals surface area contributed by atoms with E-state index in [0.29, 0.717) is 5.56 Å². The quantitative estimate of drug-likeness (QED) is 0.549. The van der Waals surface area contributed by atoms with Crippen LogP contribution in [0.15, 0.2) is 35.3 Å². The number of likely N-dealkylation sites (tertiary alicyclic amines) is 1. The first-order chi connectivity index (χ1) is 14.3. The van der Waals surface area contributed by atoms with Crippen LogP contribution in [0.5, 0.6) is 0 Å². The van der Waals surface area contributed by atoms with Crippen LogP contribution in [0.3, 0.4) is 0 Å². The Morgan fingerprint density at radius 1 is 1.23 bits per heavy atom. The third-order valence-electron chi connectivity index (χ3n) is 4.53. The number of piperidine rings is 1. The Morgan fingerprint density at radius 3 is 2.57 bits per heavy atom. The van der Waals surface area contributed by atoms with Gasteiger partial charge in [0.1, 0.15) is 11.7 Å². The van der Waals surface area contributed by atoms with E-state index in [1.54, 1.807) is 21.8 Å². The average molecular weight is 473 g/mol. The zero-order chi connectivity index (χ0) is 21.7. The average Bonchev–Trinajstić information content (AvgIpc) is 3.38. The summed E-state index contributed by atoms with van der Waals surface area (Å²) in [5, 5.41) is 19.8. The Hall–Kier alpha value is -2.86. The lowest BCUT2D eigenvalue weighted by Gasteiger charge is -2.29. The van der Waals surface area contributed by atoms with Crippen molar-refractivity contribution in [1.29, 1.82) is 5.26 Å². The number of hydrogen-bond acceptors (Lipinski definition) is 5. The fourth-order valence-electron chi connectivity index (χ4n) is 3.12. The summed E-state index contributed by atoms with van der Waals surface area (Å²) < 4.78 is 7.79. The molecule has 0 aromatic carbocycles. The molecule has 4 rings (SSSR count). The van der Waals surface area contributed by atoms with Crippen LogP contribution in [-0.4, -0.2) is 49.5 Å². The summed E-state index contributed by atoms with van der Waals surface area (Å²) in [6.45, 7) is 7.41. The van der Waals surface area contributed by atoms with E-state index in [-0.39, 0.29) is 11.7 Å². The van der Waals surface area contributed by atoms with Crippen molar-refractivity contribution < 1.29 is 9.53 Å². The van der Waals surface area contributed by atoms with Gasteiger partial charge in [-0.15, -0.1) is 0 Å². The maximum atomic E-state index is 11.5. The molecule has 9 heteroatoms. The van der Waals surface area contributed by atoms with E-state index in [1.165, 1.54) is 6.42 Å². The number of aromatic nitrogens is 4. The summed E-state index contributed by atoms with van der Waals surface area (Å²) in [5.74, 6) is 0. The number of H-pyrrole nitrogens is 1. The second-order valence-corrected chi connectivity index (χ2v) is 8.91. The molecular formula is C21H25BrN6O2. The first kappa shape index (κ1) is 21.8. The Kier molecular flexibility index (Phi) is 6.77. The zero-order valence-corrected chi connectivity index (χ0v) is 18.9. The van der Waals surface area contributed by atoms with Crippen molar-refractivity contribution in [1.82, 2.24) is 24.7 Å². The number of aromatic amines is 1. The van der Waals surface area contributed by atoms with Crippen molar-refractivity contribution in [2.45, 2.75) is 45.6 Å². The van der Waals surface area contributed by atoms with E-state index in [0.717, 1.165) is 47.0 Å². The summed E-state index contributed by atoms with van der Waals surface area (Å²) in [6.07, 6.45) is 10.3. The second-order valence-electron chi connectivity index (χ2n) is 8.05. The highest BCUT2D eigenvalue weighted by Crippen LogP contribution is 2.27. The SMILES string of the molecule is CC(C)(C)OC(=O)N1CCCCC1.N#Cc1cnn2cc(-c3cn[nH]c3)cc(Br)c12. The lowest BCUT2D eigenvalue weighted by molar-refractivity contribution is 0.0216. The summed E-state index contributed by atoms with van der Waals surface area (Å²) >= 11 is 3.46. The minimum atomic E-state index is -0.367. The van der Waals surface area contributed by atoms with Gasteiger partial charge in [0.25, 0.3) is 0 Å². The van der Waals surface area contributed by atoms with Gasteiger partial charge in [0.2, 0.25) is 0 Å². The molecule has 1 aliphatic heterocycles. The number of nitrogens with zero attached hydrogens (tertiary/aromatic N) is 5. The molecule has 0 bridgehead atoms. The Labute approximate surface area is 184 Å². The zero-order valence-electron chi connectivity index (χ0n) is 17.4. The topological polar surface area (TPSA) is 99.3 Å². The number of pyridine rings is 1. The highest BCUT2D eigenvalue weighted by molar-refractivity contribution is 9.10. The standard InChI is InChI=1S/C11H6BrN5.C10H19NO2/c12-10-1-7(9-3-14-15-4-9)6-17-11(10)8(2-13)5-16-17;1-10(2,3)13-9(12)11-7-5-4-6-8-11/h1,3-6H,(H,14,15);4-8H2,1-3H3. The first-order valence-electron chi connectivity index (χ1n) is 9.82. The van der Waals surface area contributed by atoms with Crippen molar-refractivity contribution >= 4 is 27.5 Å². The van der Waals surface area contributed by atoms with Crippen LogP contribution in [0.4, 0.5) is 4.79 Å². The number of carbonyl (C=O) groups is 1. The monoisotopic (exact) mass is 472 g/mol. The van der Waals surface area contributed by atoms with Gasteiger partial charge in [-0.1, -0.05) is 0 Å². The Balaban J connectivity index is 0.000000178. The number of ether oxygens (including phenoxy) is 1. The Bertz CT molecular complexity index is 1040. The predicted octanol–water partition coefficient (Wildman–Crippen LogP) is 4.77. The van der Waals surface area contributed by atoms with Crippen molar-refractivity contribution in [3.8, 4) is 17.2 Å². The summed E-state index contributed by atoms with van der Waals surface area (Å²) in [5.41, 5.74) is 2.91. The predicted molar refractivity (Wildman–Crippen MR) is 117 cm³/mol. The molecule has 1 saturated heterocycles. The van der Waals surface area contributed by atoms with Gasteiger partial charge in [0, 0.05) is 41.1 Å². The molecule has 4 heterocycles. The molecule has 0 atom stereocenters. The van der Waals surface area contributed by atoms with E-state index in [2.05, 4.69) is 37.3 Å². The van der Waals surface area contributed by atoms with E-state index in [4.69, 9.17) is 10.00 Å². The van der Waals surface area contributed by atoms with Crippen LogP contribution in [0.1, 0.15) is 45.6 Å². The van der Waals surface area contributed by atoms with Gasteiger partial charge in [0.15, 0.2) is 0 Å². The molecule has 0 spiro atoms. The van der Waals surface area contributed by atoms with Crippen LogP contribution < -0.4 is 0 Å². The van der Waals surface area contributed by atoms with Gasteiger partial charge in [0.05, 0.1) is 23.5 Å². The largest absolute Gasteiger partial charge is 0.444 e. The second kappa shape index (κ2) is 9.30. The van der Waals surface area contributed by atoms with Crippen molar-refractivity contribution in [3.05, 3.63) is 40.9 Å². The van der Waals surface area contributed by atoms with Crippen LogP contribution in [0.2, 0.25) is 0 Å². The maximum absolute atomic E-state index is 11.5. The van der Waals surface area contributed by atoms with E-state index >= 15 is 0 Å². The molecule has 0 radical (unpaired) electrons. The van der Waals surface area contributed by atoms with Gasteiger partial charge >= 0.3 is 6.09 Å². The molecule has 1 aliphatic rings. The minimum absolute atomic E-state index is 0.160. The molecule has 0 unspecified atom stereocenters. The normalized spacial score (nSPS) is 14.0. The van der Waals surface area contributed by atoms with E-state index in [9.17, 15) is 4.79 Å². The number of fused-ring (bicyclic) bond motifs is 1. The van der Waals surface area contributed by atoms with E-state index in [1.807, 2.05) is 39.2 Å². The number of halogens is 1.